The average Bonchev–Trinajstić information content (AvgIpc) is 2.04. The highest BCUT2D eigenvalue weighted by molar-refractivity contribution is 5.46. The van der Waals surface area contributed by atoms with E-state index in [0.717, 1.165) is 32.3 Å². The molecule has 0 radical (unpaired) electrons. The Bertz CT molecular complexity index is 125. The van der Waals surface area contributed by atoms with Gasteiger partial charge in [-0.05, 0) is 26.7 Å². The van der Waals surface area contributed by atoms with Crippen LogP contribution in [0, 0.1) is 0 Å². The molecule has 78 valence electrons. The fraction of sp³-hybridized carbons (Fsp3) is 0.889. The second-order valence-electron chi connectivity index (χ2n) is 3.67. The number of hydrogen-bond acceptors (Lipinski definition) is 3. The van der Waals surface area contributed by atoms with Crippen molar-refractivity contribution in [2.75, 3.05) is 13.1 Å². The van der Waals surface area contributed by atoms with Gasteiger partial charge in [0.1, 0.15) is 0 Å². The van der Waals surface area contributed by atoms with Crippen LogP contribution in [0.4, 0.5) is 0 Å². The summed E-state index contributed by atoms with van der Waals surface area (Å²) in [5.41, 5.74) is 11.2. The molecule has 0 bridgehead atoms. The fourth-order valence-electron chi connectivity index (χ4n) is 0.956. The molecule has 4 nitrogen and oxygen atoms in total. The molecule has 0 aromatic heterocycles. The molecule has 4 heteroatoms. The van der Waals surface area contributed by atoms with Gasteiger partial charge in [0.05, 0.1) is 0 Å². The summed E-state index contributed by atoms with van der Waals surface area (Å²) in [5, 5.41) is 0. The van der Waals surface area contributed by atoms with E-state index in [1.807, 2.05) is 13.8 Å². The predicted octanol–water partition coefficient (Wildman–Crippen LogP) is -0.0806. The van der Waals surface area contributed by atoms with Gasteiger partial charge < -0.3 is 16.4 Å². The number of hydrogen-bond donors (Lipinski definition) is 2. The zero-order valence-electron chi connectivity index (χ0n) is 8.57. The van der Waals surface area contributed by atoms with E-state index in [1.165, 1.54) is 0 Å². The topological polar surface area (TPSA) is 72.3 Å². The van der Waals surface area contributed by atoms with Crippen molar-refractivity contribution >= 4 is 6.41 Å². The van der Waals surface area contributed by atoms with Gasteiger partial charge in [-0.3, -0.25) is 4.79 Å². The van der Waals surface area contributed by atoms with Gasteiger partial charge in [-0.25, -0.2) is 0 Å². The monoisotopic (exact) mass is 187 g/mol. The summed E-state index contributed by atoms with van der Waals surface area (Å²) in [6.45, 7) is 5.34. The van der Waals surface area contributed by atoms with E-state index in [0.29, 0.717) is 0 Å². The lowest BCUT2D eigenvalue weighted by Gasteiger charge is -2.19. The van der Waals surface area contributed by atoms with Crippen molar-refractivity contribution in [1.29, 1.82) is 0 Å². The summed E-state index contributed by atoms with van der Waals surface area (Å²) >= 11 is 0. The molecule has 4 N–H and O–H groups in total. The molecule has 0 aliphatic rings. The summed E-state index contributed by atoms with van der Waals surface area (Å²) in [4.78, 5) is 12.3. The summed E-state index contributed by atoms with van der Waals surface area (Å²) in [6.07, 6.45) is 2.56. The van der Waals surface area contributed by atoms with Crippen LogP contribution in [0.3, 0.4) is 0 Å². The summed E-state index contributed by atoms with van der Waals surface area (Å²) < 4.78 is 0. The zero-order chi connectivity index (χ0) is 10.3. The van der Waals surface area contributed by atoms with E-state index in [4.69, 9.17) is 11.5 Å². The van der Waals surface area contributed by atoms with Gasteiger partial charge in [0.15, 0.2) is 0 Å². The van der Waals surface area contributed by atoms with Crippen molar-refractivity contribution in [1.82, 2.24) is 4.90 Å². The molecule has 2 atom stereocenters. The largest absolute Gasteiger partial charge is 0.345 e. The summed E-state index contributed by atoms with van der Waals surface area (Å²) in [6, 6.07) is 0.301. The maximum absolute atomic E-state index is 10.6. The van der Waals surface area contributed by atoms with Crippen LogP contribution < -0.4 is 11.5 Å². The molecule has 0 rings (SSSR count). The molecule has 0 saturated carbocycles. The lowest BCUT2D eigenvalue weighted by molar-refractivity contribution is -0.118. The smallest absolute Gasteiger partial charge is 0.209 e. The van der Waals surface area contributed by atoms with Crippen LogP contribution in [0.15, 0.2) is 0 Å². The second-order valence-corrected chi connectivity index (χ2v) is 3.67. The first-order valence-electron chi connectivity index (χ1n) is 4.76. The van der Waals surface area contributed by atoms with E-state index >= 15 is 0 Å². The number of nitrogens with two attached hydrogens (primary N) is 2. The van der Waals surface area contributed by atoms with Gasteiger partial charge in [0.25, 0.3) is 0 Å². The number of carbonyl (C=O) groups excluding carboxylic acids is 1. The molecule has 2 unspecified atom stereocenters. The SMILES string of the molecule is CC(N)CCN(C=O)CCC(C)N. The Morgan fingerprint density at radius 2 is 1.54 bits per heavy atom. The van der Waals surface area contributed by atoms with Crippen molar-refractivity contribution in [2.45, 2.75) is 38.8 Å². The highest BCUT2D eigenvalue weighted by atomic mass is 16.1. The molecule has 0 fully saturated rings. The molecule has 0 aliphatic carbocycles. The van der Waals surface area contributed by atoms with E-state index < -0.39 is 0 Å². The van der Waals surface area contributed by atoms with Crippen molar-refractivity contribution in [3.63, 3.8) is 0 Å². The Hall–Kier alpha value is -0.610. The van der Waals surface area contributed by atoms with E-state index in [1.54, 1.807) is 4.90 Å². The van der Waals surface area contributed by atoms with Crippen molar-refractivity contribution in [2.24, 2.45) is 11.5 Å². The third kappa shape index (κ3) is 7.74. The second kappa shape index (κ2) is 6.86. The van der Waals surface area contributed by atoms with Gasteiger partial charge in [0, 0.05) is 25.2 Å². The highest BCUT2D eigenvalue weighted by Crippen LogP contribution is 1.95. The molecule has 13 heavy (non-hydrogen) atoms. The Morgan fingerprint density at radius 3 is 1.77 bits per heavy atom. The van der Waals surface area contributed by atoms with Gasteiger partial charge in [-0.2, -0.15) is 0 Å². The Labute approximate surface area is 80.3 Å². The average molecular weight is 187 g/mol. The van der Waals surface area contributed by atoms with Gasteiger partial charge >= 0.3 is 0 Å². The summed E-state index contributed by atoms with van der Waals surface area (Å²) in [5.74, 6) is 0. The molecule has 0 spiro atoms. The predicted molar refractivity (Wildman–Crippen MR) is 54.2 cm³/mol. The van der Waals surface area contributed by atoms with Crippen LogP contribution in [0.2, 0.25) is 0 Å². The van der Waals surface area contributed by atoms with Crippen LogP contribution in [0.5, 0.6) is 0 Å². The normalized spacial score (nSPS) is 15.1. The zero-order valence-corrected chi connectivity index (χ0v) is 8.57. The first-order chi connectivity index (χ1) is 6.06. The number of amides is 1. The third-order valence-corrected chi connectivity index (χ3v) is 1.89. The molecular formula is C9H21N3O. The Balaban J connectivity index is 3.57. The van der Waals surface area contributed by atoms with Crippen LogP contribution in [0.1, 0.15) is 26.7 Å². The van der Waals surface area contributed by atoms with E-state index in [9.17, 15) is 4.79 Å². The van der Waals surface area contributed by atoms with Crippen LogP contribution >= 0.6 is 0 Å². The minimum absolute atomic E-state index is 0.151. The van der Waals surface area contributed by atoms with E-state index in [2.05, 4.69) is 0 Å². The van der Waals surface area contributed by atoms with E-state index in [-0.39, 0.29) is 12.1 Å². The van der Waals surface area contributed by atoms with Gasteiger partial charge in [-0.1, -0.05) is 0 Å². The maximum Gasteiger partial charge on any atom is 0.209 e. The lowest BCUT2D eigenvalue weighted by atomic mass is 10.2. The number of nitrogens with zero attached hydrogens (tertiary/aromatic N) is 1. The summed E-state index contributed by atoms with van der Waals surface area (Å²) in [7, 11) is 0. The van der Waals surface area contributed by atoms with Gasteiger partial charge in [-0.15, -0.1) is 0 Å². The fourth-order valence-corrected chi connectivity index (χ4v) is 0.956. The third-order valence-electron chi connectivity index (χ3n) is 1.89. The quantitative estimate of drug-likeness (QED) is 0.547. The number of carbonyl (C=O) groups is 1. The minimum atomic E-state index is 0.151. The first-order valence-corrected chi connectivity index (χ1v) is 4.76. The van der Waals surface area contributed by atoms with Crippen LogP contribution in [-0.4, -0.2) is 36.5 Å². The standard InChI is InChI=1S/C9H21N3O/c1-8(10)3-5-12(7-13)6-4-9(2)11/h7-9H,3-6,10-11H2,1-2H3. The molecule has 1 amide bonds. The Kier molecular flexibility index (Phi) is 6.54. The molecular weight excluding hydrogens is 166 g/mol. The Morgan fingerprint density at radius 1 is 1.15 bits per heavy atom. The van der Waals surface area contributed by atoms with Crippen LogP contribution in [-0.2, 0) is 4.79 Å². The highest BCUT2D eigenvalue weighted by Gasteiger charge is 2.04. The van der Waals surface area contributed by atoms with Crippen LogP contribution in [0.25, 0.3) is 0 Å². The number of rotatable bonds is 7. The lowest BCUT2D eigenvalue weighted by Crippen LogP contribution is -2.31. The first kappa shape index (κ1) is 12.4. The van der Waals surface area contributed by atoms with Crippen molar-refractivity contribution in [3.05, 3.63) is 0 Å². The van der Waals surface area contributed by atoms with Crippen molar-refractivity contribution < 1.29 is 4.79 Å². The minimum Gasteiger partial charge on any atom is -0.345 e. The molecule has 0 aromatic carbocycles. The van der Waals surface area contributed by atoms with Gasteiger partial charge in [0.2, 0.25) is 6.41 Å². The van der Waals surface area contributed by atoms with Crippen molar-refractivity contribution in [3.8, 4) is 0 Å². The molecule has 0 aliphatic heterocycles. The molecule has 0 heterocycles. The molecule has 0 saturated heterocycles. The maximum atomic E-state index is 10.6. The molecule has 0 aromatic rings.